The van der Waals surface area contributed by atoms with Gasteiger partial charge in [0.25, 0.3) is 5.91 Å². The largest absolute Gasteiger partial charge is 0.573 e. The number of hydrogen-bond acceptors (Lipinski definition) is 4. The zero-order valence-corrected chi connectivity index (χ0v) is 17.3. The second-order valence-corrected chi connectivity index (χ2v) is 7.35. The number of ether oxygens (including phenoxy) is 1. The molecule has 0 bridgehead atoms. The van der Waals surface area contributed by atoms with Gasteiger partial charge in [-0.2, -0.15) is 0 Å². The highest BCUT2D eigenvalue weighted by Crippen LogP contribution is 2.30. The number of furan rings is 1. The van der Waals surface area contributed by atoms with Gasteiger partial charge in [-0.25, -0.2) is 4.79 Å². The van der Waals surface area contributed by atoms with E-state index in [1.54, 1.807) is 40.1 Å². The molecular weight excluding hydrogens is 439 g/mol. The van der Waals surface area contributed by atoms with Crippen LogP contribution in [0.4, 0.5) is 29.3 Å². The first kappa shape index (κ1) is 22.3. The van der Waals surface area contributed by atoms with E-state index in [9.17, 15) is 22.8 Å². The van der Waals surface area contributed by atoms with Crippen molar-refractivity contribution >= 4 is 23.3 Å². The predicted molar refractivity (Wildman–Crippen MR) is 114 cm³/mol. The van der Waals surface area contributed by atoms with Crippen LogP contribution in [0.25, 0.3) is 0 Å². The number of hydrogen-bond donors (Lipinski definition) is 1. The Morgan fingerprint density at radius 2 is 1.79 bits per heavy atom. The Labute approximate surface area is 187 Å². The van der Waals surface area contributed by atoms with Crippen molar-refractivity contribution in [1.82, 2.24) is 4.90 Å². The van der Waals surface area contributed by atoms with Crippen LogP contribution < -0.4 is 15.0 Å². The fourth-order valence-corrected chi connectivity index (χ4v) is 3.58. The Morgan fingerprint density at radius 3 is 2.48 bits per heavy atom. The van der Waals surface area contributed by atoms with E-state index < -0.39 is 12.3 Å². The number of para-hydroxylation sites is 2. The van der Waals surface area contributed by atoms with Gasteiger partial charge in [0.05, 0.1) is 17.6 Å². The van der Waals surface area contributed by atoms with Gasteiger partial charge in [-0.1, -0.05) is 24.3 Å². The number of carbonyl (C=O) groups is 2. The Kier molecular flexibility index (Phi) is 6.25. The van der Waals surface area contributed by atoms with E-state index in [0.717, 1.165) is 0 Å². The van der Waals surface area contributed by atoms with Crippen LogP contribution in [0.15, 0.2) is 71.3 Å². The first-order chi connectivity index (χ1) is 15.8. The maximum atomic E-state index is 13.2. The molecule has 1 saturated heterocycles. The average molecular weight is 459 g/mol. The predicted octanol–water partition coefficient (Wildman–Crippen LogP) is 5.26. The standard InChI is InChI=1S/C23H20F3N3O4/c24-23(25,26)33-17-10-8-16(9-11-17)15-28-12-4-13-29(22(28)31)19-6-2-1-5-18(19)27-21(30)20-7-3-14-32-20/h1-3,5-11,14H,4,12-13,15H2,(H,27,30). The van der Waals surface area contributed by atoms with Gasteiger partial charge < -0.3 is 19.4 Å². The quantitative estimate of drug-likeness (QED) is 0.546. The Morgan fingerprint density at radius 1 is 1.03 bits per heavy atom. The van der Waals surface area contributed by atoms with Gasteiger partial charge in [0.2, 0.25) is 0 Å². The van der Waals surface area contributed by atoms with Crippen molar-refractivity contribution in [2.75, 3.05) is 23.3 Å². The zero-order chi connectivity index (χ0) is 23.4. The summed E-state index contributed by atoms with van der Waals surface area (Å²) in [7, 11) is 0. The van der Waals surface area contributed by atoms with Crippen molar-refractivity contribution in [2.45, 2.75) is 19.3 Å². The fraction of sp³-hybridized carbons (Fsp3) is 0.217. The van der Waals surface area contributed by atoms with Crippen LogP contribution in [-0.2, 0) is 6.54 Å². The third-order valence-corrected chi connectivity index (χ3v) is 5.03. The summed E-state index contributed by atoms with van der Waals surface area (Å²) in [5.74, 6) is -0.608. The molecular formula is C23H20F3N3O4. The van der Waals surface area contributed by atoms with Crippen molar-refractivity contribution in [3.05, 3.63) is 78.3 Å². The Bertz CT molecular complexity index is 1110. The Hall–Kier alpha value is -3.95. The van der Waals surface area contributed by atoms with Gasteiger partial charge in [-0.3, -0.25) is 9.69 Å². The summed E-state index contributed by atoms with van der Waals surface area (Å²) in [4.78, 5) is 28.8. The molecule has 2 heterocycles. The number of carbonyl (C=O) groups excluding carboxylic acids is 2. The number of nitrogens with zero attached hydrogens (tertiary/aromatic N) is 2. The van der Waals surface area contributed by atoms with Crippen molar-refractivity contribution in [3.63, 3.8) is 0 Å². The lowest BCUT2D eigenvalue weighted by Crippen LogP contribution is -2.49. The van der Waals surface area contributed by atoms with Gasteiger partial charge in [0.1, 0.15) is 5.75 Å². The summed E-state index contributed by atoms with van der Waals surface area (Å²) in [6, 6.07) is 15.2. The molecule has 0 atom stereocenters. The van der Waals surface area contributed by atoms with Crippen LogP contribution in [0.3, 0.4) is 0 Å². The minimum Gasteiger partial charge on any atom is -0.459 e. The minimum atomic E-state index is -4.76. The monoisotopic (exact) mass is 459 g/mol. The average Bonchev–Trinajstić information content (AvgIpc) is 3.31. The van der Waals surface area contributed by atoms with Crippen molar-refractivity contribution < 1.29 is 31.9 Å². The lowest BCUT2D eigenvalue weighted by atomic mass is 10.1. The first-order valence-electron chi connectivity index (χ1n) is 10.2. The zero-order valence-electron chi connectivity index (χ0n) is 17.3. The molecule has 4 rings (SSSR count). The molecule has 10 heteroatoms. The number of nitrogens with one attached hydrogen (secondary N) is 1. The highest BCUT2D eigenvalue weighted by molar-refractivity contribution is 6.06. The molecule has 172 valence electrons. The highest BCUT2D eigenvalue weighted by atomic mass is 19.4. The minimum absolute atomic E-state index is 0.148. The van der Waals surface area contributed by atoms with Gasteiger partial charge in [-0.05, 0) is 48.4 Å². The number of halogens is 3. The molecule has 0 radical (unpaired) electrons. The van der Waals surface area contributed by atoms with Gasteiger partial charge in [-0.15, -0.1) is 13.2 Å². The molecule has 1 aromatic heterocycles. The molecule has 2 aromatic carbocycles. The molecule has 7 nitrogen and oxygen atoms in total. The summed E-state index contributed by atoms with van der Waals surface area (Å²) >= 11 is 0. The highest BCUT2D eigenvalue weighted by Gasteiger charge is 2.31. The van der Waals surface area contributed by atoms with Crippen LogP contribution in [0, 0.1) is 0 Å². The summed E-state index contributed by atoms with van der Waals surface area (Å²) in [5, 5.41) is 2.77. The van der Waals surface area contributed by atoms with Crippen molar-refractivity contribution in [3.8, 4) is 5.75 Å². The summed E-state index contributed by atoms with van der Waals surface area (Å²) in [6.07, 6.45) is -2.68. The van der Waals surface area contributed by atoms with Crippen LogP contribution in [-0.4, -0.2) is 36.3 Å². The van der Waals surface area contributed by atoms with E-state index in [4.69, 9.17) is 4.42 Å². The summed E-state index contributed by atoms with van der Waals surface area (Å²) in [6.45, 7) is 1.18. The maximum Gasteiger partial charge on any atom is 0.573 e. The lowest BCUT2D eigenvalue weighted by molar-refractivity contribution is -0.274. The van der Waals surface area contributed by atoms with Crippen molar-refractivity contribution in [2.24, 2.45) is 0 Å². The van der Waals surface area contributed by atoms with E-state index in [1.807, 2.05) is 0 Å². The smallest absolute Gasteiger partial charge is 0.459 e. The number of rotatable bonds is 6. The number of benzene rings is 2. The molecule has 0 aliphatic carbocycles. The van der Waals surface area contributed by atoms with Crippen LogP contribution in [0.5, 0.6) is 5.75 Å². The normalized spacial score (nSPS) is 14.3. The number of amides is 3. The second-order valence-electron chi connectivity index (χ2n) is 7.35. The molecule has 0 unspecified atom stereocenters. The third-order valence-electron chi connectivity index (χ3n) is 5.03. The topological polar surface area (TPSA) is 75.0 Å². The van der Waals surface area contributed by atoms with Crippen LogP contribution >= 0.6 is 0 Å². The molecule has 33 heavy (non-hydrogen) atoms. The van der Waals surface area contributed by atoms with Crippen LogP contribution in [0.2, 0.25) is 0 Å². The molecule has 3 amide bonds. The third kappa shape index (κ3) is 5.46. The molecule has 1 fully saturated rings. The van der Waals surface area contributed by atoms with Gasteiger partial charge >= 0.3 is 12.4 Å². The van der Waals surface area contributed by atoms with E-state index >= 15 is 0 Å². The van der Waals surface area contributed by atoms with E-state index in [0.29, 0.717) is 36.4 Å². The first-order valence-corrected chi connectivity index (χ1v) is 10.2. The molecule has 1 aliphatic heterocycles. The van der Waals surface area contributed by atoms with E-state index in [2.05, 4.69) is 10.1 Å². The summed E-state index contributed by atoms with van der Waals surface area (Å²) < 4.78 is 46.1. The fourth-order valence-electron chi connectivity index (χ4n) is 3.58. The maximum absolute atomic E-state index is 13.2. The lowest BCUT2D eigenvalue weighted by Gasteiger charge is -2.36. The molecule has 3 aromatic rings. The van der Waals surface area contributed by atoms with E-state index in [1.165, 1.54) is 36.6 Å². The van der Waals surface area contributed by atoms with Gasteiger partial charge in [0, 0.05) is 19.6 Å². The second kappa shape index (κ2) is 9.27. The number of urea groups is 1. The van der Waals surface area contributed by atoms with E-state index in [-0.39, 0.29) is 24.1 Å². The molecule has 1 N–H and O–H groups in total. The van der Waals surface area contributed by atoms with Crippen molar-refractivity contribution in [1.29, 1.82) is 0 Å². The van der Waals surface area contributed by atoms with Gasteiger partial charge in [0.15, 0.2) is 5.76 Å². The molecule has 0 spiro atoms. The Balaban J connectivity index is 1.47. The number of alkyl halides is 3. The molecule has 0 saturated carbocycles. The van der Waals surface area contributed by atoms with Crippen LogP contribution in [0.1, 0.15) is 22.5 Å². The molecule has 1 aliphatic rings. The summed E-state index contributed by atoms with van der Waals surface area (Å²) in [5.41, 5.74) is 1.67. The SMILES string of the molecule is O=C(Nc1ccccc1N1CCCN(Cc2ccc(OC(F)(F)F)cc2)C1=O)c1ccco1. The number of anilines is 2.